The number of aryl methyl sites for hydroxylation is 3. The number of amides is 1. The number of aromatic amines is 1. The first-order valence-corrected chi connectivity index (χ1v) is 7.85. The lowest BCUT2D eigenvalue weighted by atomic mass is 10.1. The van der Waals surface area contributed by atoms with Crippen LogP contribution in [0.3, 0.4) is 0 Å². The van der Waals surface area contributed by atoms with E-state index in [1.54, 1.807) is 11.3 Å². The fourth-order valence-corrected chi connectivity index (χ4v) is 3.09. The van der Waals surface area contributed by atoms with Crippen molar-refractivity contribution in [2.75, 3.05) is 5.32 Å². The summed E-state index contributed by atoms with van der Waals surface area (Å²) in [5.41, 5.74) is 3.60. The van der Waals surface area contributed by atoms with Crippen molar-refractivity contribution in [2.45, 2.75) is 20.8 Å². The highest BCUT2D eigenvalue weighted by atomic mass is 32.1. The number of nitrogens with zero attached hydrogens (tertiary/aromatic N) is 1. The van der Waals surface area contributed by atoms with Gasteiger partial charge in [-0.05, 0) is 44.5 Å². The van der Waals surface area contributed by atoms with E-state index in [4.69, 9.17) is 0 Å². The number of carbonyl (C=O) groups is 1. The number of benzene rings is 1. The summed E-state index contributed by atoms with van der Waals surface area (Å²) in [6, 6.07) is 11.8. The average Bonchev–Trinajstić information content (AvgIpc) is 3.10. The lowest BCUT2D eigenvalue weighted by Crippen LogP contribution is -2.13. The molecule has 0 unspecified atom stereocenters. The number of rotatable bonds is 3. The van der Waals surface area contributed by atoms with Gasteiger partial charge in [-0.15, -0.1) is 11.3 Å². The Labute approximate surface area is 133 Å². The smallest absolute Gasteiger partial charge is 0.257 e. The zero-order chi connectivity index (χ0) is 15.7. The third-order valence-electron chi connectivity index (χ3n) is 3.46. The lowest BCUT2D eigenvalue weighted by molar-refractivity contribution is 0.102. The Balaban J connectivity index is 1.80. The number of H-pyrrole nitrogens is 1. The van der Waals surface area contributed by atoms with Gasteiger partial charge in [-0.25, -0.2) is 0 Å². The summed E-state index contributed by atoms with van der Waals surface area (Å²) in [6.45, 7) is 5.97. The highest BCUT2D eigenvalue weighted by Crippen LogP contribution is 2.27. The number of carbonyl (C=O) groups excluding carboxylic acids is 1. The zero-order valence-corrected chi connectivity index (χ0v) is 13.5. The van der Waals surface area contributed by atoms with Crippen LogP contribution in [0.5, 0.6) is 0 Å². The fraction of sp³-hybridized carbons (Fsp3) is 0.176. The van der Waals surface area contributed by atoms with Crippen LogP contribution < -0.4 is 5.32 Å². The number of aromatic nitrogens is 2. The van der Waals surface area contributed by atoms with E-state index in [2.05, 4.69) is 28.5 Å². The second-order valence-corrected chi connectivity index (χ2v) is 6.64. The monoisotopic (exact) mass is 311 g/mol. The number of anilines is 1. The number of hydrogen-bond donors (Lipinski definition) is 2. The zero-order valence-electron chi connectivity index (χ0n) is 12.7. The maximum atomic E-state index is 12.4. The van der Waals surface area contributed by atoms with Gasteiger partial charge in [0.2, 0.25) is 0 Å². The molecule has 0 saturated carbocycles. The summed E-state index contributed by atoms with van der Waals surface area (Å²) in [7, 11) is 0. The molecular weight excluding hydrogens is 294 g/mol. The topological polar surface area (TPSA) is 57.8 Å². The van der Waals surface area contributed by atoms with Crippen LogP contribution in [0, 0.1) is 20.8 Å². The molecule has 0 atom stereocenters. The van der Waals surface area contributed by atoms with E-state index in [9.17, 15) is 4.79 Å². The van der Waals surface area contributed by atoms with Crippen LogP contribution in [0.25, 0.3) is 10.6 Å². The average molecular weight is 311 g/mol. The summed E-state index contributed by atoms with van der Waals surface area (Å²) in [5.74, 6) is 0.397. The van der Waals surface area contributed by atoms with Crippen molar-refractivity contribution in [1.29, 1.82) is 0 Å². The number of thiophene rings is 1. The van der Waals surface area contributed by atoms with Gasteiger partial charge in [0.05, 0.1) is 10.6 Å². The molecule has 0 aliphatic heterocycles. The third kappa shape index (κ3) is 2.94. The quantitative estimate of drug-likeness (QED) is 0.757. The van der Waals surface area contributed by atoms with E-state index in [1.165, 1.54) is 4.88 Å². The van der Waals surface area contributed by atoms with Crippen LogP contribution in [0.4, 0.5) is 5.82 Å². The minimum Gasteiger partial charge on any atom is -0.305 e. The molecule has 0 aliphatic rings. The Morgan fingerprint density at radius 1 is 1.14 bits per heavy atom. The maximum Gasteiger partial charge on any atom is 0.257 e. The second-order valence-electron chi connectivity index (χ2n) is 5.35. The van der Waals surface area contributed by atoms with Gasteiger partial charge in [0.25, 0.3) is 5.91 Å². The van der Waals surface area contributed by atoms with Crippen molar-refractivity contribution < 1.29 is 4.79 Å². The molecule has 1 aromatic carbocycles. The van der Waals surface area contributed by atoms with Gasteiger partial charge in [0.1, 0.15) is 0 Å². The Bertz CT molecular complexity index is 832. The first-order valence-electron chi connectivity index (χ1n) is 7.04. The molecule has 0 bridgehead atoms. The molecule has 2 heterocycles. The lowest BCUT2D eigenvalue weighted by Gasteiger charge is -2.06. The Morgan fingerprint density at radius 3 is 2.68 bits per heavy atom. The van der Waals surface area contributed by atoms with Crippen LogP contribution >= 0.6 is 11.3 Å². The summed E-state index contributed by atoms with van der Waals surface area (Å²) in [4.78, 5) is 14.7. The Kier molecular flexibility index (Phi) is 3.81. The normalized spacial score (nSPS) is 10.7. The molecule has 4 nitrogen and oxygen atoms in total. The molecule has 1 amide bonds. The molecule has 0 saturated heterocycles. The molecule has 0 aliphatic carbocycles. The molecule has 3 aromatic rings. The minimum atomic E-state index is -0.137. The maximum absolute atomic E-state index is 12.4. The van der Waals surface area contributed by atoms with Crippen molar-refractivity contribution in [2.24, 2.45) is 0 Å². The molecule has 0 fully saturated rings. The molecule has 22 heavy (non-hydrogen) atoms. The summed E-state index contributed by atoms with van der Waals surface area (Å²) < 4.78 is 0. The number of nitrogens with one attached hydrogen (secondary N) is 2. The second kappa shape index (κ2) is 5.77. The molecule has 2 aromatic heterocycles. The SMILES string of the molecule is Cc1ccc(C)c(C(=O)Nc2cc(-c3ccc(C)s3)[nH]n2)c1. The highest BCUT2D eigenvalue weighted by Gasteiger charge is 2.12. The van der Waals surface area contributed by atoms with E-state index in [0.717, 1.165) is 21.7 Å². The van der Waals surface area contributed by atoms with Gasteiger partial charge in [-0.2, -0.15) is 5.10 Å². The van der Waals surface area contributed by atoms with Crippen LogP contribution in [0.2, 0.25) is 0 Å². The van der Waals surface area contributed by atoms with E-state index in [1.807, 2.05) is 44.2 Å². The molecule has 5 heteroatoms. The van der Waals surface area contributed by atoms with Gasteiger partial charge in [-0.1, -0.05) is 17.7 Å². The first-order chi connectivity index (χ1) is 10.5. The van der Waals surface area contributed by atoms with Crippen molar-refractivity contribution in [3.8, 4) is 10.6 Å². The molecule has 3 rings (SSSR count). The Hall–Kier alpha value is -2.40. The molecule has 0 radical (unpaired) electrons. The van der Waals surface area contributed by atoms with E-state index >= 15 is 0 Å². The molecular formula is C17H17N3OS. The third-order valence-corrected chi connectivity index (χ3v) is 4.50. The van der Waals surface area contributed by atoms with Gasteiger partial charge >= 0.3 is 0 Å². The standard InChI is InChI=1S/C17H17N3OS/c1-10-4-5-11(2)13(8-10)17(21)18-16-9-14(19-20-16)15-7-6-12(3)22-15/h4-9H,1-3H3,(H2,18,19,20,21). The van der Waals surface area contributed by atoms with Crippen molar-refractivity contribution in [3.63, 3.8) is 0 Å². The number of hydrogen-bond acceptors (Lipinski definition) is 3. The molecule has 0 spiro atoms. The van der Waals surface area contributed by atoms with E-state index in [-0.39, 0.29) is 5.91 Å². The van der Waals surface area contributed by atoms with E-state index < -0.39 is 0 Å². The van der Waals surface area contributed by atoms with E-state index in [0.29, 0.717) is 11.4 Å². The predicted molar refractivity (Wildman–Crippen MR) is 90.5 cm³/mol. The predicted octanol–water partition coefficient (Wildman–Crippen LogP) is 4.32. The highest BCUT2D eigenvalue weighted by molar-refractivity contribution is 7.15. The Morgan fingerprint density at radius 2 is 1.95 bits per heavy atom. The molecule has 2 N–H and O–H groups in total. The van der Waals surface area contributed by atoms with Gasteiger partial charge in [-0.3, -0.25) is 9.89 Å². The summed E-state index contributed by atoms with van der Waals surface area (Å²) >= 11 is 1.69. The first kappa shape index (κ1) is 14.5. The van der Waals surface area contributed by atoms with Gasteiger partial charge < -0.3 is 5.32 Å². The fourth-order valence-electron chi connectivity index (χ4n) is 2.26. The summed E-state index contributed by atoms with van der Waals surface area (Å²) in [5, 5.41) is 9.98. The van der Waals surface area contributed by atoms with Gasteiger partial charge in [0, 0.05) is 16.5 Å². The van der Waals surface area contributed by atoms with Crippen molar-refractivity contribution in [1.82, 2.24) is 10.2 Å². The minimum absolute atomic E-state index is 0.137. The van der Waals surface area contributed by atoms with Crippen molar-refractivity contribution in [3.05, 3.63) is 58.0 Å². The molecule has 112 valence electrons. The van der Waals surface area contributed by atoms with Crippen LogP contribution in [0.1, 0.15) is 26.4 Å². The van der Waals surface area contributed by atoms with Crippen LogP contribution in [-0.2, 0) is 0 Å². The summed E-state index contributed by atoms with van der Waals surface area (Å²) in [6.07, 6.45) is 0. The largest absolute Gasteiger partial charge is 0.305 e. The van der Waals surface area contributed by atoms with Crippen LogP contribution in [0.15, 0.2) is 36.4 Å². The van der Waals surface area contributed by atoms with Crippen LogP contribution in [-0.4, -0.2) is 16.1 Å². The van der Waals surface area contributed by atoms with Gasteiger partial charge in [0.15, 0.2) is 5.82 Å². The van der Waals surface area contributed by atoms with Crippen molar-refractivity contribution >= 4 is 23.1 Å².